The second-order valence-electron chi connectivity index (χ2n) is 5.76. The molecule has 1 heterocycles. The Morgan fingerprint density at radius 1 is 1.16 bits per heavy atom. The van der Waals surface area contributed by atoms with Crippen LogP contribution in [0.1, 0.15) is 17.2 Å². The van der Waals surface area contributed by atoms with Crippen LogP contribution in [0.25, 0.3) is 0 Å². The number of rotatable bonds is 4. The normalized spacial score (nSPS) is 19.4. The molecule has 2 aromatic rings. The van der Waals surface area contributed by atoms with Crippen molar-refractivity contribution in [2.75, 3.05) is 26.0 Å². The quantitative estimate of drug-likeness (QED) is 0.810. The zero-order valence-corrected chi connectivity index (χ0v) is 15.5. The molecule has 0 bridgehead atoms. The van der Waals surface area contributed by atoms with E-state index >= 15 is 0 Å². The van der Waals surface area contributed by atoms with E-state index in [9.17, 15) is 12.8 Å². The first-order valence-corrected chi connectivity index (χ1v) is 10.5. The first-order chi connectivity index (χ1) is 12.0. The molecule has 0 amide bonds. The highest BCUT2D eigenvalue weighted by Crippen LogP contribution is 2.35. The van der Waals surface area contributed by atoms with Crippen LogP contribution in [0, 0.1) is 5.82 Å². The molecule has 0 aliphatic carbocycles. The molecule has 0 aromatic heterocycles. The average Bonchev–Trinajstić information content (AvgIpc) is 2.89. The third kappa shape index (κ3) is 3.99. The first kappa shape index (κ1) is 18.2. The van der Waals surface area contributed by atoms with E-state index in [1.165, 1.54) is 29.1 Å². The maximum absolute atomic E-state index is 13.9. The van der Waals surface area contributed by atoms with Gasteiger partial charge in [0.15, 0.2) is 11.6 Å². The van der Waals surface area contributed by atoms with Crippen LogP contribution in [0.2, 0.25) is 0 Å². The van der Waals surface area contributed by atoms with Gasteiger partial charge < -0.3 is 4.74 Å². The van der Waals surface area contributed by atoms with Crippen LogP contribution in [0.4, 0.5) is 4.39 Å². The Balaban J connectivity index is 1.78. The first-order valence-electron chi connectivity index (χ1n) is 8.02. The predicted octanol–water partition coefficient (Wildman–Crippen LogP) is 3.70. The van der Waals surface area contributed by atoms with Gasteiger partial charge in [-0.1, -0.05) is 30.3 Å². The highest BCUT2D eigenvalue weighted by molar-refractivity contribution is 7.99. The number of halogens is 1. The zero-order chi connectivity index (χ0) is 17.9. The van der Waals surface area contributed by atoms with Crippen LogP contribution < -0.4 is 4.74 Å². The highest BCUT2D eigenvalue weighted by Gasteiger charge is 2.29. The number of hydrogen-bond donors (Lipinski definition) is 0. The van der Waals surface area contributed by atoms with Gasteiger partial charge in [0.05, 0.1) is 12.0 Å². The Morgan fingerprint density at radius 2 is 1.92 bits per heavy atom. The fraction of sp³-hybridized carbons (Fsp3) is 0.333. The van der Waals surface area contributed by atoms with Gasteiger partial charge in [-0.25, -0.2) is 12.8 Å². The fourth-order valence-electron chi connectivity index (χ4n) is 2.88. The third-order valence-corrected chi connectivity index (χ3v) is 7.46. The Morgan fingerprint density at radius 3 is 2.60 bits per heavy atom. The van der Waals surface area contributed by atoms with Gasteiger partial charge in [0.25, 0.3) is 0 Å². The maximum atomic E-state index is 13.9. The lowest BCUT2D eigenvalue weighted by molar-refractivity contribution is 0.385. The lowest BCUT2D eigenvalue weighted by Gasteiger charge is -2.20. The van der Waals surface area contributed by atoms with Gasteiger partial charge in [-0.3, -0.25) is 0 Å². The summed E-state index contributed by atoms with van der Waals surface area (Å²) >= 11 is 1.76. The standard InChI is InChI=1S/C18H20FNO3S2/c1-23-17-8-7-15(13-16(17)19)25(21,22)20-10-9-18(24-12-11-20)14-5-3-2-4-6-14/h2-8,13,18H,9-12H2,1H3/t18-/m0/s1. The second-order valence-corrected chi connectivity index (χ2v) is 9.01. The van der Waals surface area contributed by atoms with Gasteiger partial charge in [0, 0.05) is 24.1 Å². The summed E-state index contributed by atoms with van der Waals surface area (Å²) in [5, 5.41) is 0.272. The molecule has 1 aliphatic heterocycles. The van der Waals surface area contributed by atoms with Crippen molar-refractivity contribution in [1.29, 1.82) is 0 Å². The fourth-order valence-corrected chi connectivity index (χ4v) is 5.70. The topological polar surface area (TPSA) is 46.6 Å². The maximum Gasteiger partial charge on any atom is 0.243 e. The van der Waals surface area contributed by atoms with E-state index in [1.54, 1.807) is 11.8 Å². The average molecular weight is 381 g/mol. The summed E-state index contributed by atoms with van der Waals surface area (Å²) in [5.41, 5.74) is 1.21. The Labute approximate surface area is 152 Å². The number of ether oxygens (including phenoxy) is 1. The molecule has 2 aromatic carbocycles. The van der Waals surface area contributed by atoms with Crippen LogP contribution in [0.3, 0.4) is 0 Å². The van der Waals surface area contributed by atoms with Gasteiger partial charge in [-0.2, -0.15) is 16.1 Å². The summed E-state index contributed by atoms with van der Waals surface area (Å²) in [6.45, 7) is 0.840. The van der Waals surface area contributed by atoms with E-state index in [0.29, 0.717) is 18.8 Å². The largest absolute Gasteiger partial charge is 0.494 e. The van der Waals surface area contributed by atoms with Crippen molar-refractivity contribution in [2.24, 2.45) is 0 Å². The van der Waals surface area contributed by atoms with E-state index in [4.69, 9.17) is 4.74 Å². The molecule has 0 unspecified atom stereocenters. The molecule has 0 spiro atoms. The second kappa shape index (κ2) is 7.76. The molecule has 1 saturated heterocycles. The summed E-state index contributed by atoms with van der Waals surface area (Å²) < 4.78 is 45.9. The lowest BCUT2D eigenvalue weighted by Crippen LogP contribution is -2.33. The number of hydrogen-bond acceptors (Lipinski definition) is 4. The van der Waals surface area contributed by atoms with Crippen LogP contribution >= 0.6 is 11.8 Å². The summed E-state index contributed by atoms with van der Waals surface area (Å²) in [6, 6.07) is 13.9. The number of thioether (sulfide) groups is 1. The zero-order valence-electron chi connectivity index (χ0n) is 13.9. The molecule has 1 aliphatic rings. The van der Waals surface area contributed by atoms with Crippen molar-refractivity contribution in [2.45, 2.75) is 16.6 Å². The van der Waals surface area contributed by atoms with Crippen LogP contribution in [0.15, 0.2) is 53.4 Å². The SMILES string of the molecule is COc1ccc(S(=O)(=O)N2CCS[C@H](c3ccccc3)CC2)cc1F. The van der Waals surface area contributed by atoms with E-state index in [0.717, 1.165) is 12.5 Å². The molecule has 1 atom stereocenters. The van der Waals surface area contributed by atoms with Gasteiger partial charge in [0.1, 0.15) is 0 Å². The number of benzene rings is 2. The molecule has 4 nitrogen and oxygen atoms in total. The van der Waals surface area contributed by atoms with Crippen LogP contribution in [-0.2, 0) is 10.0 Å². The molecule has 7 heteroatoms. The summed E-state index contributed by atoms with van der Waals surface area (Å²) in [6.07, 6.45) is 0.729. The molecule has 134 valence electrons. The van der Waals surface area contributed by atoms with Crippen molar-refractivity contribution in [1.82, 2.24) is 4.31 Å². The molecule has 0 N–H and O–H groups in total. The van der Waals surface area contributed by atoms with Crippen molar-refractivity contribution in [3.05, 3.63) is 59.9 Å². The van der Waals surface area contributed by atoms with E-state index in [1.807, 2.05) is 18.2 Å². The number of sulfonamides is 1. The third-order valence-electron chi connectivity index (χ3n) is 4.23. The van der Waals surface area contributed by atoms with E-state index in [2.05, 4.69) is 12.1 Å². The van der Waals surface area contributed by atoms with Crippen molar-refractivity contribution < 1.29 is 17.5 Å². The van der Waals surface area contributed by atoms with Crippen LogP contribution in [0.5, 0.6) is 5.75 Å². The van der Waals surface area contributed by atoms with E-state index in [-0.39, 0.29) is 15.9 Å². The minimum Gasteiger partial charge on any atom is -0.494 e. The van der Waals surface area contributed by atoms with Crippen LogP contribution in [-0.4, -0.2) is 38.7 Å². The van der Waals surface area contributed by atoms with Crippen molar-refractivity contribution in [3.8, 4) is 5.75 Å². The van der Waals surface area contributed by atoms with Crippen molar-refractivity contribution in [3.63, 3.8) is 0 Å². The lowest BCUT2D eigenvalue weighted by atomic mass is 10.1. The van der Waals surface area contributed by atoms with Crippen molar-refractivity contribution >= 4 is 21.8 Å². The highest BCUT2D eigenvalue weighted by atomic mass is 32.2. The Bertz CT molecular complexity index is 827. The van der Waals surface area contributed by atoms with Gasteiger partial charge >= 0.3 is 0 Å². The monoisotopic (exact) mass is 381 g/mol. The Hall–Kier alpha value is -1.57. The summed E-state index contributed by atoms with van der Waals surface area (Å²) in [4.78, 5) is -0.0334. The molecule has 0 radical (unpaired) electrons. The minimum absolute atomic E-state index is 0.0334. The van der Waals surface area contributed by atoms with Gasteiger partial charge in [-0.05, 0) is 30.2 Å². The minimum atomic E-state index is -3.71. The Kier molecular flexibility index (Phi) is 5.66. The summed E-state index contributed by atoms with van der Waals surface area (Å²) in [7, 11) is -2.36. The predicted molar refractivity (Wildman–Crippen MR) is 98.0 cm³/mol. The number of methoxy groups -OCH3 is 1. The van der Waals surface area contributed by atoms with Gasteiger partial charge in [-0.15, -0.1) is 0 Å². The summed E-state index contributed by atoms with van der Waals surface area (Å²) in [5.74, 6) is 0.0710. The molecule has 25 heavy (non-hydrogen) atoms. The molecule has 3 rings (SSSR count). The number of nitrogens with zero attached hydrogens (tertiary/aromatic N) is 1. The molecular formula is C18H20FNO3S2. The van der Waals surface area contributed by atoms with E-state index < -0.39 is 15.8 Å². The molecule has 1 fully saturated rings. The molecular weight excluding hydrogens is 361 g/mol. The van der Waals surface area contributed by atoms with Gasteiger partial charge in [0.2, 0.25) is 10.0 Å². The molecule has 0 saturated carbocycles. The smallest absolute Gasteiger partial charge is 0.243 e.